The number of imidazole rings is 1. The maximum Gasteiger partial charge on any atom is 0.236 e. The Morgan fingerprint density at radius 2 is 1.96 bits per heavy atom. The average molecular weight is 409 g/mol. The van der Waals surface area contributed by atoms with Crippen molar-refractivity contribution in [1.82, 2.24) is 15.0 Å². The fraction of sp³-hybridized carbons (Fsp3) is 0.190. The fourth-order valence-electron chi connectivity index (χ4n) is 2.84. The zero-order chi connectivity index (χ0) is 19.3. The van der Waals surface area contributed by atoms with Crippen LogP contribution < -0.4 is 5.32 Å². The predicted molar refractivity (Wildman–Crippen MR) is 117 cm³/mol. The summed E-state index contributed by atoms with van der Waals surface area (Å²) >= 11 is 3.07. The first-order chi connectivity index (χ1) is 13.7. The summed E-state index contributed by atoms with van der Waals surface area (Å²) in [6, 6.07) is 18.2. The van der Waals surface area contributed by atoms with Crippen LogP contribution in [-0.2, 0) is 11.2 Å². The van der Waals surface area contributed by atoms with E-state index in [0.29, 0.717) is 10.9 Å². The minimum Gasteiger partial charge on any atom is -0.341 e. The number of benzene rings is 2. The van der Waals surface area contributed by atoms with Gasteiger partial charge in [-0.3, -0.25) is 4.79 Å². The van der Waals surface area contributed by atoms with E-state index in [0.717, 1.165) is 28.2 Å². The zero-order valence-corrected chi connectivity index (χ0v) is 17.0. The number of thioether (sulfide) groups is 1. The van der Waals surface area contributed by atoms with Crippen molar-refractivity contribution >= 4 is 45.2 Å². The van der Waals surface area contributed by atoms with Crippen LogP contribution in [0.2, 0.25) is 0 Å². The van der Waals surface area contributed by atoms with Crippen molar-refractivity contribution in [3.63, 3.8) is 0 Å². The van der Waals surface area contributed by atoms with E-state index in [1.165, 1.54) is 16.9 Å². The van der Waals surface area contributed by atoms with E-state index < -0.39 is 0 Å². The van der Waals surface area contributed by atoms with E-state index in [-0.39, 0.29) is 11.2 Å². The molecule has 4 rings (SSSR count). The van der Waals surface area contributed by atoms with Gasteiger partial charge in [0.1, 0.15) is 5.82 Å². The fourth-order valence-corrected chi connectivity index (χ4v) is 4.45. The minimum atomic E-state index is -0.0476. The average Bonchev–Trinajstić information content (AvgIpc) is 3.33. The molecule has 0 bridgehead atoms. The van der Waals surface area contributed by atoms with Crippen LogP contribution in [0.25, 0.3) is 11.0 Å². The summed E-state index contributed by atoms with van der Waals surface area (Å²) in [5.74, 6) is 1.19. The number of rotatable bonds is 7. The van der Waals surface area contributed by atoms with Crippen LogP contribution >= 0.6 is 23.1 Å². The predicted octanol–water partition coefficient (Wildman–Crippen LogP) is 5.04. The minimum absolute atomic E-state index is 0.0476. The largest absolute Gasteiger partial charge is 0.341 e. The molecule has 4 aromatic rings. The number of para-hydroxylation sites is 2. The number of hydrogen-bond donors (Lipinski definition) is 2. The van der Waals surface area contributed by atoms with Gasteiger partial charge in [0, 0.05) is 17.5 Å². The molecular weight excluding hydrogens is 388 g/mol. The Bertz CT molecular complexity index is 1040. The molecule has 0 aliphatic heterocycles. The molecule has 0 spiro atoms. The van der Waals surface area contributed by atoms with Crippen molar-refractivity contribution in [3.8, 4) is 0 Å². The zero-order valence-electron chi connectivity index (χ0n) is 15.4. The number of aromatic amines is 1. The van der Waals surface area contributed by atoms with Crippen LogP contribution in [-0.4, -0.2) is 26.6 Å². The number of H-pyrrole nitrogens is 1. The van der Waals surface area contributed by atoms with E-state index in [1.54, 1.807) is 11.8 Å². The van der Waals surface area contributed by atoms with Crippen molar-refractivity contribution in [2.24, 2.45) is 0 Å². The second-order valence-corrected chi connectivity index (χ2v) is 8.88. The Kier molecular flexibility index (Phi) is 5.73. The molecule has 0 radical (unpaired) electrons. The van der Waals surface area contributed by atoms with Gasteiger partial charge in [-0.15, -0.1) is 23.1 Å². The molecule has 0 aliphatic rings. The summed E-state index contributed by atoms with van der Waals surface area (Å²) in [6.07, 6.45) is 2.66. The highest BCUT2D eigenvalue weighted by atomic mass is 32.2. The maximum absolute atomic E-state index is 12.3. The van der Waals surface area contributed by atoms with Crippen molar-refractivity contribution in [2.75, 3.05) is 11.1 Å². The number of aromatic nitrogens is 3. The molecule has 2 aromatic heterocycles. The number of nitrogens with zero attached hydrogens (tertiary/aromatic N) is 2. The first-order valence-electron chi connectivity index (χ1n) is 9.02. The van der Waals surface area contributed by atoms with Crippen molar-refractivity contribution in [1.29, 1.82) is 0 Å². The summed E-state index contributed by atoms with van der Waals surface area (Å²) in [6.45, 7) is 2.05. The van der Waals surface area contributed by atoms with Crippen LogP contribution in [0, 0.1) is 0 Å². The Morgan fingerprint density at radius 3 is 2.79 bits per heavy atom. The van der Waals surface area contributed by atoms with E-state index in [9.17, 15) is 4.79 Å². The summed E-state index contributed by atoms with van der Waals surface area (Å²) in [5.41, 5.74) is 3.20. The van der Waals surface area contributed by atoms with Gasteiger partial charge in [0.2, 0.25) is 5.91 Å². The van der Waals surface area contributed by atoms with Gasteiger partial charge in [0.25, 0.3) is 0 Å². The second-order valence-electron chi connectivity index (χ2n) is 6.43. The lowest BCUT2D eigenvalue weighted by Gasteiger charge is -2.07. The second kappa shape index (κ2) is 8.58. The molecule has 2 N–H and O–H groups in total. The number of carbonyl (C=O) groups is 1. The van der Waals surface area contributed by atoms with Crippen molar-refractivity contribution in [3.05, 3.63) is 77.1 Å². The summed E-state index contributed by atoms with van der Waals surface area (Å²) < 4.78 is 0. The van der Waals surface area contributed by atoms with Crippen molar-refractivity contribution < 1.29 is 4.79 Å². The highest BCUT2D eigenvalue weighted by Gasteiger charge is 2.14. The number of hydrogen-bond acceptors (Lipinski definition) is 5. The Hall–Kier alpha value is -2.64. The SMILES string of the molecule is CC(SCC(=O)Nc1ncc(Cc2ccccc2)s1)c1nc2ccccc2[nH]1. The highest BCUT2D eigenvalue weighted by molar-refractivity contribution is 8.00. The van der Waals surface area contributed by atoms with E-state index >= 15 is 0 Å². The molecule has 0 saturated carbocycles. The lowest BCUT2D eigenvalue weighted by Crippen LogP contribution is -2.14. The van der Waals surface area contributed by atoms with Crippen LogP contribution in [0.5, 0.6) is 0 Å². The Balaban J connectivity index is 1.29. The third kappa shape index (κ3) is 4.61. The van der Waals surface area contributed by atoms with Gasteiger partial charge in [-0.1, -0.05) is 42.5 Å². The third-order valence-electron chi connectivity index (χ3n) is 4.28. The van der Waals surface area contributed by atoms with E-state index in [2.05, 4.69) is 39.3 Å². The first kappa shape index (κ1) is 18.7. The molecule has 0 fully saturated rings. The maximum atomic E-state index is 12.3. The van der Waals surface area contributed by atoms with Crippen LogP contribution in [0.1, 0.15) is 28.4 Å². The molecule has 1 atom stereocenters. The lowest BCUT2D eigenvalue weighted by molar-refractivity contribution is -0.113. The molecule has 28 heavy (non-hydrogen) atoms. The van der Waals surface area contributed by atoms with Gasteiger partial charge in [0.05, 0.1) is 22.0 Å². The molecule has 2 aromatic carbocycles. The third-order valence-corrected chi connectivity index (χ3v) is 6.34. The number of fused-ring (bicyclic) bond motifs is 1. The van der Waals surface area contributed by atoms with Gasteiger partial charge in [0.15, 0.2) is 5.13 Å². The molecule has 7 heteroatoms. The standard InChI is InChI=1S/C21H20N4OS2/c1-14(20-23-17-9-5-6-10-18(17)24-20)27-13-19(26)25-21-22-12-16(28-21)11-15-7-3-2-4-8-15/h2-10,12,14H,11,13H2,1H3,(H,23,24)(H,22,25,26). The molecule has 0 aliphatic carbocycles. The first-order valence-corrected chi connectivity index (χ1v) is 10.9. The smallest absolute Gasteiger partial charge is 0.236 e. The number of thiazole rings is 1. The molecular formula is C21H20N4OS2. The van der Waals surface area contributed by atoms with Crippen LogP contribution in [0.3, 0.4) is 0 Å². The summed E-state index contributed by atoms with van der Waals surface area (Å²) in [7, 11) is 0. The van der Waals surface area contributed by atoms with Gasteiger partial charge >= 0.3 is 0 Å². The van der Waals surface area contributed by atoms with Gasteiger partial charge in [-0.05, 0) is 24.6 Å². The number of anilines is 1. The molecule has 0 saturated heterocycles. The monoisotopic (exact) mass is 408 g/mol. The molecule has 5 nitrogen and oxygen atoms in total. The summed E-state index contributed by atoms with van der Waals surface area (Å²) in [4.78, 5) is 25.7. The normalized spacial score (nSPS) is 12.2. The number of amides is 1. The van der Waals surface area contributed by atoms with E-state index in [4.69, 9.17) is 0 Å². The van der Waals surface area contributed by atoms with Gasteiger partial charge in [-0.25, -0.2) is 9.97 Å². The topological polar surface area (TPSA) is 70.7 Å². The number of carbonyl (C=O) groups excluding carboxylic acids is 1. The lowest BCUT2D eigenvalue weighted by atomic mass is 10.1. The Morgan fingerprint density at radius 1 is 1.18 bits per heavy atom. The Labute approximate surface area is 171 Å². The molecule has 2 heterocycles. The molecule has 1 amide bonds. The van der Waals surface area contributed by atoms with Crippen LogP contribution in [0.15, 0.2) is 60.8 Å². The van der Waals surface area contributed by atoms with Crippen molar-refractivity contribution in [2.45, 2.75) is 18.6 Å². The summed E-state index contributed by atoms with van der Waals surface area (Å²) in [5, 5.41) is 3.64. The number of nitrogens with one attached hydrogen (secondary N) is 2. The van der Waals surface area contributed by atoms with Gasteiger partial charge < -0.3 is 10.3 Å². The van der Waals surface area contributed by atoms with Gasteiger partial charge in [-0.2, -0.15) is 0 Å². The van der Waals surface area contributed by atoms with E-state index in [1.807, 2.05) is 48.7 Å². The highest BCUT2D eigenvalue weighted by Crippen LogP contribution is 2.28. The molecule has 1 unspecified atom stereocenters. The quantitative estimate of drug-likeness (QED) is 0.449. The molecule has 142 valence electrons. The van der Waals surface area contributed by atoms with Crippen LogP contribution in [0.4, 0.5) is 5.13 Å².